The number of hydrogen-bond acceptors (Lipinski definition) is 4. The Balaban J connectivity index is 2.07. The van der Waals surface area contributed by atoms with Crippen molar-refractivity contribution in [2.75, 3.05) is 0 Å². The van der Waals surface area contributed by atoms with Crippen molar-refractivity contribution in [2.45, 2.75) is 49.9 Å². The van der Waals surface area contributed by atoms with Gasteiger partial charge >= 0.3 is 0 Å². The van der Waals surface area contributed by atoms with E-state index in [0.29, 0.717) is 24.2 Å². The van der Waals surface area contributed by atoms with Crippen LogP contribution in [0.15, 0.2) is 24.3 Å². The molecule has 0 radical (unpaired) electrons. The predicted octanol–water partition coefficient (Wildman–Crippen LogP) is 2.46. The fraction of sp³-hybridized carbons (Fsp3) is 0.571. The van der Waals surface area contributed by atoms with Crippen molar-refractivity contribution in [3.63, 3.8) is 0 Å². The summed E-state index contributed by atoms with van der Waals surface area (Å²) in [4.78, 5) is 11.0. The molecule has 1 saturated carbocycles. The molecule has 1 aliphatic heterocycles. The molecule has 1 fully saturated rings. The van der Waals surface area contributed by atoms with E-state index in [4.69, 9.17) is 4.74 Å². The molecular formula is C14H17NO4. The quantitative estimate of drug-likeness (QED) is 0.624. The highest BCUT2D eigenvalue weighted by Gasteiger charge is 2.57. The minimum Gasteiger partial charge on any atom is -0.480 e. The third-order valence-corrected chi connectivity index (χ3v) is 4.32. The standard InChI is InChI=1S/C14H17NO4/c16-12-10-6-2-3-7-11(10)19-14(13(12)15(17)18)8-4-1-5-9-14/h2-3,6-7,12-13,16H,1,4-5,8-9H2. The molecule has 1 aromatic rings. The van der Waals surface area contributed by atoms with E-state index in [-0.39, 0.29) is 4.92 Å². The van der Waals surface area contributed by atoms with Gasteiger partial charge in [0, 0.05) is 10.5 Å². The maximum Gasteiger partial charge on any atom is 0.281 e. The molecule has 1 N–H and O–H groups in total. The predicted molar refractivity (Wildman–Crippen MR) is 68.6 cm³/mol. The summed E-state index contributed by atoms with van der Waals surface area (Å²) >= 11 is 0. The van der Waals surface area contributed by atoms with Gasteiger partial charge in [-0.15, -0.1) is 0 Å². The van der Waals surface area contributed by atoms with Gasteiger partial charge in [0.25, 0.3) is 6.04 Å². The minimum absolute atomic E-state index is 0.369. The second-order valence-electron chi connectivity index (χ2n) is 5.44. The first-order valence-corrected chi connectivity index (χ1v) is 6.73. The lowest BCUT2D eigenvalue weighted by Gasteiger charge is -2.44. The first kappa shape index (κ1) is 12.4. The smallest absolute Gasteiger partial charge is 0.281 e. The average molecular weight is 263 g/mol. The van der Waals surface area contributed by atoms with Crippen LogP contribution in [0.25, 0.3) is 0 Å². The van der Waals surface area contributed by atoms with Crippen LogP contribution in [0.1, 0.15) is 43.8 Å². The third-order valence-electron chi connectivity index (χ3n) is 4.32. The van der Waals surface area contributed by atoms with Crippen molar-refractivity contribution in [3.05, 3.63) is 39.9 Å². The highest BCUT2D eigenvalue weighted by molar-refractivity contribution is 5.39. The van der Waals surface area contributed by atoms with Crippen molar-refractivity contribution >= 4 is 0 Å². The Morgan fingerprint density at radius 1 is 1.26 bits per heavy atom. The molecule has 0 aromatic heterocycles. The van der Waals surface area contributed by atoms with Gasteiger partial charge in [0.1, 0.15) is 5.75 Å². The number of para-hydroxylation sites is 1. The van der Waals surface area contributed by atoms with Crippen molar-refractivity contribution in [2.24, 2.45) is 0 Å². The van der Waals surface area contributed by atoms with E-state index in [0.717, 1.165) is 19.3 Å². The van der Waals surface area contributed by atoms with Crippen LogP contribution in [-0.4, -0.2) is 21.7 Å². The van der Waals surface area contributed by atoms with Crippen LogP contribution >= 0.6 is 0 Å². The Bertz CT molecular complexity index is 496. The van der Waals surface area contributed by atoms with E-state index in [2.05, 4.69) is 0 Å². The fourth-order valence-electron chi connectivity index (χ4n) is 3.41. The molecule has 3 rings (SSSR count). The van der Waals surface area contributed by atoms with E-state index >= 15 is 0 Å². The maximum atomic E-state index is 11.4. The summed E-state index contributed by atoms with van der Waals surface area (Å²) in [5.74, 6) is 0.593. The van der Waals surface area contributed by atoms with E-state index < -0.39 is 17.7 Å². The summed E-state index contributed by atoms with van der Waals surface area (Å²) in [6, 6.07) is 6.01. The molecule has 0 bridgehead atoms. The van der Waals surface area contributed by atoms with Gasteiger partial charge in [-0.1, -0.05) is 24.6 Å². The number of benzene rings is 1. The molecule has 102 valence electrons. The number of nitrogens with zero attached hydrogens (tertiary/aromatic N) is 1. The van der Waals surface area contributed by atoms with Crippen molar-refractivity contribution in [3.8, 4) is 5.75 Å². The number of aliphatic hydroxyl groups is 1. The minimum atomic E-state index is -1.09. The summed E-state index contributed by atoms with van der Waals surface area (Å²) in [7, 11) is 0. The summed E-state index contributed by atoms with van der Waals surface area (Å²) in [5.41, 5.74) is -0.310. The zero-order valence-electron chi connectivity index (χ0n) is 10.6. The maximum absolute atomic E-state index is 11.4. The van der Waals surface area contributed by atoms with E-state index in [1.807, 2.05) is 6.07 Å². The van der Waals surface area contributed by atoms with Crippen LogP contribution in [0.4, 0.5) is 0 Å². The SMILES string of the molecule is O=[N+]([O-])C1C(O)c2ccccc2OC12CCCCC2. The van der Waals surface area contributed by atoms with Gasteiger partial charge in [-0.25, -0.2) is 0 Å². The van der Waals surface area contributed by atoms with Gasteiger partial charge in [-0.3, -0.25) is 10.1 Å². The van der Waals surface area contributed by atoms with Gasteiger partial charge in [0.05, 0.1) is 0 Å². The first-order valence-electron chi connectivity index (χ1n) is 6.73. The Morgan fingerprint density at radius 2 is 1.95 bits per heavy atom. The van der Waals surface area contributed by atoms with Gasteiger partial charge in [0.2, 0.25) is 0 Å². The lowest BCUT2D eigenvalue weighted by Crippen LogP contribution is -2.57. The second-order valence-corrected chi connectivity index (χ2v) is 5.44. The monoisotopic (exact) mass is 263 g/mol. The van der Waals surface area contributed by atoms with Crippen LogP contribution in [0.3, 0.4) is 0 Å². The molecule has 1 spiro atoms. The number of ether oxygens (including phenoxy) is 1. The molecule has 1 heterocycles. The van der Waals surface area contributed by atoms with Crippen LogP contribution in [0.5, 0.6) is 5.75 Å². The number of fused-ring (bicyclic) bond motifs is 1. The normalized spacial score (nSPS) is 28.5. The molecule has 5 heteroatoms. The lowest BCUT2D eigenvalue weighted by molar-refractivity contribution is -0.560. The molecule has 1 aliphatic carbocycles. The van der Waals surface area contributed by atoms with E-state index in [1.54, 1.807) is 18.2 Å². The highest BCUT2D eigenvalue weighted by Crippen LogP contribution is 2.47. The van der Waals surface area contributed by atoms with Gasteiger partial charge < -0.3 is 9.84 Å². The van der Waals surface area contributed by atoms with Crippen molar-refractivity contribution in [1.29, 1.82) is 0 Å². The van der Waals surface area contributed by atoms with Gasteiger partial charge in [0.15, 0.2) is 11.7 Å². The fourth-order valence-corrected chi connectivity index (χ4v) is 3.41. The van der Waals surface area contributed by atoms with Crippen molar-refractivity contribution in [1.82, 2.24) is 0 Å². The Morgan fingerprint density at radius 3 is 2.63 bits per heavy atom. The molecule has 19 heavy (non-hydrogen) atoms. The topological polar surface area (TPSA) is 72.6 Å². The molecular weight excluding hydrogens is 246 g/mol. The first-order chi connectivity index (χ1) is 9.14. The summed E-state index contributed by atoms with van der Waals surface area (Å²) in [6.45, 7) is 0. The molecule has 2 aliphatic rings. The number of nitro groups is 1. The number of hydrogen-bond donors (Lipinski definition) is 1. The summed E-state index contributed by atoms with van der Waals surface area (Å²) in [5, 5.41) is 21.8. The highest BCUT2D eigenvalue weighted by atomic mass is 16.6. The third kappa shape index (κ3) is 1.89. The van der Waals surface area contributed by atoms with Gasteiger partial charge in [-0.2, -0.15) is 0 Å². The largest absolute Gasteiger partial charge is 0.480 e. The molecule has 5 nitrogen and oxygen atoms in total. The van der Waals surface area contributed by atoms with Crippen molar-refractivity contribution < 1.29 is 14.8 Å². The number of rotatable bonds is 1. The zero-order valence-corrected chi connectivity index (χ0v) is 10.6. The zero-order chi connectivity index (χ0) is 13.5. The van der Waals surface area contributed by atoms with Crippen LogP contribution in [-0.2, 0) is 0 Å². The van der Waals surface area contributed by atoms with Crippen LogP contribution in [0.2, 0.25) is 0 Å². The summed E-state index contributed by atoms with van der Waals surface area (Å²) in [6.07, 6.45) is 3.11. The van der Waals surface area contributed by atoms with Gasteiger partial charge in [-0.05, 0) is 31.7 Å². The molecule has 2 atom stereocenters. The average Bonchev–Trinajstić information content (AvgIpc) is 2.39. The Kier molecular flexibility index (Phi) is 2.93. The van der Waals surface area contributed by atoms with E-state index in [1.165, 1.54) is 0 Å². The lowest BCUT2D eigenvalue weighted by atomic mass is 9.74. The second kappa shape index (κ2) is 4.49. The van der Waals surface area contributed by atoms with E-state index in [9.17, 15) is 15.2 Å². The van der Waals surface area contributed by atoms with Crippen LogP contribution in [0, 0.1) is 10.1 Å². The van der Waals surface area contributed by atoms with Crippen LogP contribution < -0.4 is 4.74 Å². The molecule has 0 saturated heterocycles. The Hall–Kier alpha value is -1.62. The molecule has 2 unspecified atom stereocenters. The summed E-state index contributed by atoms with van der Waals surface area (Å²) < 4.78 is 6.00. The Labute approximate surface area is 111 Å². The molecule has 0 amide bonds. The number of aliphatic hydroxyl groups excluding tert-OH is 1. The molecule has 1 aromatic carbocycles.